The number of carbonyl (C=O) groups is 1. The third-order valence-electron chi connectivity index (χ3n) is 0.413. The highest BCUT2D eigenvalue weighted by molar-refractivity contribution is 5.65. The van der Waals surface area contributed by atoms with Crippen molar-refractivity contribution >= 4 is 6.09 Å². The lowest BCUT2D eigenvalue weighted by molar-refractivity contribution is 0.0451. The van der Waals surface area contributed by atoms with Gasteiger partial charge < -0.3 is 10.2 Å². The molecular formula is C4H9NO3. The molecule has 48 valence electrons. The van der Waals surface area contributed by atoms with E-state index in [0.717, 1.165) is 0 Å². The Hall–Kier alpha value is -0.770. The Bertz CT molecular complexity index is 93.9. The fourth-order valence-corrected chi connectivity index (χ4v) is 0.262. The molecule has 0 saturated heterocycles. The summed E-state index contributed by atoms with van der Waals surface area (Å²) in [5.41, 5.74) is -1.33. The monoisotopic (exact) mass is 119 g/mol. The van der Waals surface area contributed by atoms with Crippen LogP contribution in [0.5, 0.6) is 0 Å². The smallest absolute Gasteiger partial charge is 0.406 e. The molecule has 0 rings (SSSR count). The van der Waals surface area contributed by atoms with Crippen molar-refractivity contribution in [1.29, 1.82) is 0 Å². The first-order valence-electron chi connectivity index (χ1n) is 2.15. The zero-order chi connectivity index (χ0) is 6.78. The molecule has 8 heavy (non-hydrogen) atoms. The number of hydrogen-bond acceptors (Lipinski definition) is 2. The van der Waals surface area contributed by atoms with Gasteiger partial charge in [-0.3, -0.25) is 5.32 Å². The van der Waals surface area contributed by atoms with E-state index in [1.54, 1.807) is 0 Å². The van der Waals surface area contributed by atoms with Crippen molar-refractivity contribution in [2.24, 2.45) is 0 Å². The maximum Gasteiger partial charge on any atom is 0.406 e. The van der Waals surface area contributed by atoms with Crippen LogP contribution in [0.25, 0.3) is 0 Å². The number of hydrogen-bond donors (Lipinski definition) is 3. The molecule has 0 fully saturated rings. The van der Waals surface area contributed by atoms with E-state index in [1.807, 2.05) is 5.32 Å². The largest absolute Gasteiger partial charge is 0.465 e. The second kappa shape index (κ2) is 2.00. The van der Waals surface area contributed by atoms with Gasteiger partial charge in [0.1, 0.15) is 5.72 Å². The average Bonchev–Trinajstić information content (AvgIpc) is 1.21. The maximum atomic E-state index is 9.74. The molecule has 0 saturated carbocycles. The predicted molar refractivity (Wildman–Crippen MR) is 27.5 cm³/mol. The number of amides is 1. The topological polar surface area (TPSA) is 69.6 Å². The fourth-order valence-electron chi connectivity index (χ4n) is 0.262. The van der Waals surface area contributed by atoms with Crippen molar-refractivity contribution in [1.82, 2.24) is 5.32 Å². The van der Waals surface area contributed by atoms with Gasteiger partial charge in [-0.05, 0) is 13.8 Å². The average molecular weight is 119 g/mol. The van der Waals surface area contributed by atoms with Gasteiger partial charge in [-0.15, -0.1) is 0 Å². The minimum absolute atomic E-state index is 1.22. The standard InChI is InChI=1S/C4H9NO3/c1-4(2,8)5-3(6)7/h5,8H,1-2H3,(H,6,7). The van der Waals surface area contributed by atoms with Crippen LogP contribution >= 0.6 is 0 Å². The molecule has 0 aromatic carbocycles. The maximum absolute atomic E-state index is 9.74. The molecule has 0 aromatic rings. The fraction of sp³-hybridized carbons (Fsp3) is 0.750. The minimum atomic E-state index is -1.33. The number of aliphatic hydroxyl groups is 1. The summed E-state index contributed by atoms with van der Waals surface area (Å²) >= 11 is 0. The first kappa shape index (κ1) is 7.23. The third kappa shape index (κ3) is 5.23. The molecule has 0 atom stereocenters. The molecule has 4 heteroatoms. The Kier molecular flexibility index (Phi) is 1.81. The Morgan fingerprint density at radius 3 is 2.00 bits per heavy atom. The zero-order valence-electron chi connectivity index (χ0n) is 4.80. The van der Waals surface area contributed by atoms with Crippen LogP contribution in [0.1, 0.15) is 13.8 Å². The molecule has 1 amide bonds. The van der Waals surface area contributed by atoms with E-state index in [4.69, 9.17) is 10.2 Å². The van der Waals surface area contributed by atoms with E-state index < -0.39 is 11.8 Å². The Balaban J connectivity index is 3.55. The summed E-state index contributed by atoms with van der Waals surface area (Å²) in [6.07, 6.45) is -1.22. The van der Waals surface area contributed by atoms with Crippen LogP contribution in [-0.4, -0.2) is 22.0 Å². The molecule has 0 bridgehead atoms. The molecular weight excluding hydrogens is 110 g/mol. The molecule has 0 radical (unpaired) electrons. The highest BCUT2D eigenvalue weighted by Crippen LogP contribution is 1.91. The first-order chi connectivity index (χ1) is 3.42. The van der Waals surface area contributed by atoms with Gasteiger partial charge in [-0.1, -0.05) is 0 Å². The highest BCUT2D eigenvalue weighted by atomic mass is 16.4. The molecule has 0 aliphatic carbocycles. The molecule has 0 aliphatic rings. The van der Waals surface area contributed by atoms with Crippen LogP contribution in [0.2, 0.25) is 0 Å². The second-order valence-electron chi connectivity index (χ2n) is 1.99. The van der Waals surface area contributed by atoms with Gasteiger partial charge in [0.05, 0.1) is 0 Å². The van der Waals surface area contributed by atoms with Crippen LogP contribution in [0.3, 0.4) is 0 Å². The summed E-state index contributed by atoms with van der Waals surface area (Å²) in [5, 5.41) is 18.5. The van der Waals surface area contributed by atoms with E-state index in [2.05, 4.69) is 0 Å². The minimum Gasteiger partial charge on any atom is -0.465 e. The summed E-state index contributed by atoms with van der Waals surface area (Å²) in [6, 6.07) is 0. The van der Waals surface area contributed by atoms with Crippen LogP contribution < -0.4 is 5.32 Å². The molecule has 3 N–H and O–H groups in total. The molecule has 4 nitrogen and oxygen atoms in total. The van der Waals surface area contributed by atoms with Crippen LogP contribution in [0.15, 0.2) is 0 Å². The van der Waals surface area contributed by atoms with Gasteiger partial charge in [0, 0.05) is 0 Å². The Labute approximate surface area is 47.1 Å². The number of rotatable bonds is 1. The zero-order valence-corrected chi connectivity index (χ0v) is 4.80. The van der Waals surface area contributed by atoms with Crippen molar-refractivity contribution in [3.05, 3.63) is 0 Å². The van der Waals surface area contributed by atoms with Crippen molar-refractivity contribution in [2.45, 2.75) is 19.6 Å². The van der Waals surface area contributed by atoms with E-state index >= 15 is 0 Å². The lowest BCUT2D eigenvalue weighted by atomic mass is 10.3. The summed E-state index contributed by atoms with van der Waals surface area (Å²) in [5.74, 6) is 0. The van der Waals surface area contributed by atoms with Crippen molar-refractivity contribution in [3.63, 3.8) is 0 Å². The second-order valence-corrected chi connectivity index (χ2v) is 1.99. The van der Waals surface area contributed by atoms with E-state index in [9.17, 15) is 4.79 Å². The van der Waals surface area contributed by atoms with Gasteiger partial charge in [-0.2, -0.15) is 0 Å². The summed E-state index contributed by atoms with van der Waals surface area (Å²) in [6.45, 7) is 2.70. The summed E-state index contributed by atoms with van der Waals surface area (Å²) in [4.78, 5) is 9.74. The molecule has 0 unspecified atom stereocenters. The molecule has 0 aromatic heterocycles. The van der Waals surface area contributed by atoms with Gasteiger partial charge >= 0.3 is 6.09 Å². The van der Waals surface area contributed by atoms with Crippen LogP contribution in [0.4, 0.5) is 4.79 Å². The van der Waals surface area contributed by atoms with Gasteiger partial charge in [0.25, 0.3) is 0 Å². The predicted octanol–water partition coefficient (Wildman–Crippen LogP) is -0.0176. The summed E-state index contributed by atoms with van der Waals surface area (Å²) < 4.78 is 0. The van der Waals surface area contributed by atoms with E-state index in [-0.39, 0.29) is 0 Å². The lowest BCUT2D eigenvalue weighted by Crippen LogP contribution is -2.42. The number of nitrogens with one attached hydrogen (secondary N) is 1. The SMILES string of the molecule is CC(C)(O)NC(=O)O. The van der Waals surface area contributed by atoms with E-state index in [1.165, 1.54) is 13.8 Å². The highest BCUT2D eigenvalue weighted by Gasteiger charge is 2.13. The summed E-state index contributed by atoms with van der Waals surface area (Å²) in [7, 11) is 0. The van der Waals surface area contributed by atoms with Crippen LogP contribution in [-0.2, 0) is 0 Å². The Morgan fingerprint density at radius 2 is 2.00 bits per heavy atom. The number of carboxylic acid groups (broad SMARTS) is 1. The van der Waals surface area contributed by atoms with Crippen molar-refractivity contribution in [2.75, 3.05) is 0 Å². The molecule has 0 aliphatic heterocycles. The normalized spacial score (nSPS) is 10.9. The molecule has 0 spiro atoms. The van der Waals surface area contributed by atoms with Gasteiger partial charge in [-0.25, -0.2) is 4.79 Å². The first-order valence-corrected chi connectivity index (χ1v) is 2.15. The molecule has 0 heterocycles. The van der Waals surface area contributed by atoms with Crippen LogP contribution in [0, 0.1) is 0 Å². The van der Waals surface area contributed by atoms with E-state index in [0.29, 0.717) is 0 Å². The quantitative estimate of drug-likeness (QED) is 0.425. The lowest BCUT2D eigenvalue weighted by Gasteiger charge is -2.15. The van der Waals surface area contributed by atoms with Gasteiger partial charge in [0.2, 0.25) is 0 Å². The van der Waals surface area contributed by atoms with Gasteiger partial charge in [0.15, 0.2) is 0 Å². The third-order valence-corrected chi connectivity index (χ3v) is 0.413. The van der Waals surface area contributed by atoms with Crippen molar-refractivity contribution in [3.8, 4) is 0 Å². The Morgan fingerprint density at radius 1 is 1.62 bits per heavy atom. The van der Waals surface area contributed by atoms with Crippen molar-refractivity contribution < 1.29 is 15.0 Å².